The van der Waals surface area contributed by atoms with Gasteiger partial charge in [-0.15, -0.1) is 6.42 Å². The summed E-state index contributed by atoms with van der Waals surface area (Å²) in [5.41, 5.74) is 0.129. The van der Waals surface area contributed by atoms with Crippen LogP contribution in [0, 0.1) is 12.3 Å². The van der Waals surface area contributed by atoms with Gasteiger partial charge in [0.05, 0.1) is 6.54 Å². The predicted molar refractivity (Wildman–Crippen MR) is 73.7 cm³/mol. The molecule has 0 saturated heterocycles. The van der Waals surface area contributed by atoms with Crippen LogP contribution in [0.5, 0.6) is 0 Å². The highest BCUT2D eigenvalue weighted by atomic mass is 35.5. The Hall–Kier alpha value is -2.52. The molecule has 0 unspecified atom stereocenters. The van der Waals surface area contributed by atoms with E-state index < -0.39 is 5.69 Å². The summed E-state index contributed by atoms with van der Waals surface area (Å²) < 4.78 is 2.35. The van der Waals surface area contributed by atoms with E-state index in [0.29, 0.717) is 16.5 Å². The van der Waals surface area contributed by atoms with E-state index in [1.165, 1.54) is 9.58 Å². The van der Waals surface area contributed by atoms with Crippen LogP contribution in [0.25, 0.3) is 0 Å². The number of anilines is 1. The van der Waals surface area contributed by atoms with Crippen molar-refractivity contribution in [1.82, 2.24) is 14.3 Å². The van der Waals surface area contributed by atoms with Crippen molar-refractivity contribution in [2.24, 2.45) is 0 Å². The van der Waals surface area contributed by atoms with Crippen molar-refractivity contribution in [2.75, 3.05) is 4.90 Å². The van der Waals surface area contributed by atoms with E-state index in [0.717, 1.165) is 4.68 Å². The lowest BCUT2D eigenvalue weighted by molar-refractivity contribution is 0.245. The topological polar surface area (TPSA) is 60.1 Å². The summed E-state index contributed by atoms with van der Waals surface area (Å²) in [4.78, 5) is 29.3. The molecule has 3 rings (SSSR count). The molecule has 1 amide bonds. The molecule has 1 aromatic heterocycles. The number of fused-ring (bicyclic) bond motifs is 1. The fraction of sp³-hybridized carbons (Fsp3) is 0.154. The molecule has 7 heteroatoms. The Morgan fingerprint density at radius 2 is 2.20 bits per heavy atom. The number of hydrogen-bond acceptors (Lipinski definition) is 3. The molecular formula is C13H9ClN4O2. The number of terminal acetylenes is 1. The smallest absolute Gasteiger partial charge is 0.285 e. The molecule has 0 atom stereocenters. The van der Waals surface area contributed by atoms with Crippen LogP contribution in [0.1, 0.15) is 5.82 Å². The first-order valence-electron chi connectivity index (χ1n) is 5.81. The number of hydrogen-bond donors (Lipinski definition) is 0. The average molecular weight is 289 g/mol. The number of benzene rings is 1. The van der Waals surface area contributed by atoms with Crippen molar-refractivity contribution < 1.29 is 4.79 Å². The van der Waals surface area contributed by atoms with E-state index in [2.05, 4.69) is 10.9 Å². The van der Waals surface area contributed by atoms with Crippen LogP contribution in [0.3, 0.4) is 0 Å². The van der Waals surface area contributed by atoms with Crippen molar-refractivity contribution in [1.29, 1.82) is 0 Å². The fourth-order valence-corrected chi connectivity index (χ4v) is 2.33. The molecule has 0 aliphatic carbocycles. The molecule has 0 fully saturated rings. The molecule has 100 valence electrons. The van der Waals surface area contributed by atoms with Gasteiger partial charge in [-0.25, -0.2) is 14.3 Å². The fourth-order valence-electron chi connectivity index (χ4n) is 2.15. The summed E-state index contributed by atoms with van der Waals surface area (Å²) in [6.45, 7) is 0.215. The standard InChI is InChI=1S/C13H9ClN4O2/c1-2-6-17-12(19)15-11-8-16(13(20)18(11)17)10-5-3-4-9(14)7-10/h1,3-5,7H,6,8H2. The monoisotopic (exact) mass is 288 g/mol. The van der Waals surface area contributed by atoms with Gasteiger partial charge in [0.25, 0.3) is 0 Å². The Balaban J connectivity index is 2.04. The molecule has 0 N–H and O–H groups in total. The summed E-state index contributed by atoms with van der Waals surface area (Å²) in [5, 5.41) is 0.529. The molecule has 6 nitrogen and oxygen atoms in total. The summed E-state index contributed by atoms with van der Waals surface area (Å²) in [6.07, 6.45) is 5.20. The summed E-state index contributed by atoms with van der Waals surface area (Å²) >= 11 is 5.92. The van der Waals surface area contributed by atoms with E-state index in [-0.39, 0.29) is 19.1 Å². The summed E-state index contributed by atoms with van der Waals surface area (Å²) in [7, 11) is 0. The lowest BCUT2D eigenvalue weighted by Gasteiger charge is -2.15. The van der Waals surface area contributed by atoms with Gasteiger partial charge < -0.3 is 0 Å². The van der Waals surface area contributed by atoms with Crippen LogP contribution in [0.15, 0.2) is 29.1 Å². The normalized spacial score (nSPS) is 13.4. The minimum Gasteiger partial charge on any atom is -0.285 e. The van der Waals surface area contributed by atoms with Crippen LogP contribution < -0.4 is 10.6 Å². The van der Waals surface area contributed by atoms with E-state index in [1.54, 1.807) is 24.3 Å². The van der Waals surface area contributed by atoms with Crippen LogP contribution in [0.2, 0.25) is 5.02 Å². The maximum Gasteiger partial charge on any atom is 0.365 e. The van der Waals surface area contributed by atoms with Crippen LogP contribution in [-0.4, -0.2) is 20.4 Å². The van der Waals surface area contributed by atoms with Gasteiger partial charge >= 0.3 is 11.7 Å². The highest BCUT2D eigenvalue weighted by Crippen LogP contribution is 2.25. The Kier molecular flexibility index (Phi) is 2.84. The van der Waals surface area contributed by atoms with Crippen LogP contribution in [-0.2, 0) is 13.1 Å². The quantitative estimate of drug-likeness (QED) is 0.783. The SMILES string of the molecule is C#CCn1c(=O)nc2n1C(=O)N(c1cccc(Cl)c1)C2. The van der Waals surface area contributed by atoms with Gasteiger partial charge in [-0.05, 0) is 18.2 Å². The third kappa shape index (κ3) is 1.80. The van der Waals surface area contributed by atoms with Crippen molar-refractivity contribution >= 4 is 23.3 Å². The molecule has 2 heterocycles. The number of amides is 1. The maximum atomic E-state index is 12.4. The molecule has 1 aliphatic heterocycles. The molecule has 1 aromatic carbocycles. The van der Waals surface area contributed by atoms with Gasteiger partial charge in [-0.1, -0.05) is 23.6 Å². The predicted octanol–water partition coefficient (Wildman–Crippen LogP) is 1.32. The second kappa shape index (κ2) is 4.54. The van der Waals surface area contributed by atoms with E-state index in [1.807, 2.05) is 0 Å². The van der Waals surface area contributed by atoms with Crippen LogP contribution in [0.4, 0.5) is 10.5 Å². The summed E-state index contributed by atoms with van der Waals surface area (Å²) in [6, 6.07) is 6.54. The highest BCUT2D eigenvalue weighted by Gasteiger charge is 2.33. The second-order valence-electron chi connectivity index (χ2n) is 4.23. The van der Waals surface area contributed by atoms with Crippen LogP contribution >= 0.6 is 11.6 Å². The zero-order chi connectivity index (χ0) is 14.3. The van der Waals surface area contributed by atoms with Crippen molar-refractivity contribution in [3.05, 3.63) is 45.6 Å². The Morgan fingerprint density at radius 1 is 1.40 bits per heavy atom. The second-order valence-corrected chi connectivity index (χ2v) is 4.67. The number of carbonyl (C=O) groups excluding carboxylic acids is 1. The number of nitrogens with zero attached hydrogens (tertiary/aromatic N) is 4. The third-order valence-corrected chi connectivity index (χ3v) is 3.24. The molecule has 0 spiro atoms. The van der Waals surface area contributed by atoms with Gasteiger partial charge in [0.2, 0.25) is 0 Å². The molecule has 1 aliphatic rings. The zero-order valence-corrected chi connectivity index (χ0v) is 11.0. The molecule has 20 heavy (non-hydrogen) atoms. The largest absolute Gasteiger partial charge is 0.365 e. The lowest BCUT2D eigenvalue weighted by Crippen LogP contribution is -2.33. The Morgan fingerprint density at radius 3 is 2.90 bits per heavy atom. The number of carbonyl (C=O) groups is 1. The first-order chi connectivity index (χ1) is 9.61. The molecule has 0 radical (unpaired) electrons. The number of rotatable bonds is 2. The third-order valence-electron chi connectivity index (χ3n) is 3.00. The van der Waals surface area contributed by atoms with E-state index >= 15 is 0 Å². The maximum absolute atomic E-state index is 12.4. The zero-order valence-electron chi connectivity index (χ0n) is 10.3. The Bertz CT molecular complexity index is 799. The molecule has 0 saturated carbocycles. The van der Waals surface area contributed by atoms with Gasteiger partial charge in [-0.2, -0.15) is 9.67 Å². The molecule has 0 bridgehead atoms. The van der Waals surface area contributed by atoms with Crippen molar-refractivity contribution in [2.45, 2.75) is 13.1 Å². The van der Waals surface area contributed by atoms with Crippen molar-refractivity contribution in [3.63, 3.8) is 0 Å². The first kappa shape index (κ1) is 12.5. The van der Waals surface area contributed by atoms with Gasteiger partial charge in [0.15, 0.2) is 5.82 Å². The first-order valence-corrected chi connectivity index (χ1v) is 6.19. The molecule has 2 aromatic rings. The van der Waals surface area contributed by atoms with Crippen molar-refractivity contribution in [3.8, 4) is 12.3 Å². The van der Waals surface area contributed by atoms with Gasteiger partial charge in [0, 0.05) is 10.7 Å². The summed E-state index contributed by atoms with van der Waals surface area (Å²) in [5.74, 6) is 2.71. The highest BCUT2D eigenvalue weighted by molar-refractivity contribution is 6.30. The van der Waals surface area contributed by atoms with E-state index in [9.17, 15) is 9.59 Å². The minimum atomic E-state index is -0.517. The number of aromatic nitrogens is 3. The van der Waals surface area contributed by atoms with Gasteiger partial charge in [0.1, 0.15) is 6.54 Å². The molecular weight excluding hydrogens is 280 g/mol. The Labute approximate surface area is 119 Å². The minimum absolute atomic E-state index is 0.000952. The number of halogens is 1. The lowest BCUT2D eigenvalue weighted by atomic mass is 10.3. The van der Waals surface area contributed by atoms with Gasteiger partial charge in [-0.3, -0.25) is 4.90 Å². The average Bonchev–Trinajstić information content (AvgIpc) is 2.88. The van der Waals surface area contributed by atoms with E-state index in [4.69, 9.17) is 18.0 Å².